The van der Waals surface area contributed by atoms with Crippen molar-refractivity contribution in [1.82, 2.24) is 25.5 Å². The summed E-state index contributed by atoms with van der Waals surface area (Å²) in [6.07, 6.45) is 5.77. The summed E-state index contributed by atoms with van der Waals surface area (Å²) < 4.78 is 0. The molecule has 1 aliphatic carbocycles. The summed E-state index contributed by atoms with van der Waals surface area (Å²) in [5.41, 5.74) is 0. The van der Waals surface area contributed by atoms with Gasteiger partial charge in [0.15, 0.2) is 11.0 Å². The van der Waals surface area contributed by atoms with Gasteiger partial charge in [0.2, 0.25) is 5.95 Å². The van der Waals surface area contributed by atoms with Crippen molar-refractivity contribution >= 4 is 41.0 Å². The number of rotatable bonds is 7. The molecule has 0 bridgehead atoms. The molecule has 10 heteroatoms. The quantitative estimate of drug-likeness (QED) is 0.545. The lowest BCUT2D eigenvalue weighted by Gasteiger charge is -2.37. The van der Waals surface area contributed by atoms with Crippen LogP contribution in [0, 0.1) is 5.92 Å². The number of carbonyl (C=O) groups excluding carboxylic acids is 1. The van der Waals surface area contributed by atoms with Crippen LogP contribution in [0.5, 0.6) is 0 Å². The van der Waals surface area contributed by atoms with Crippen molar-refractivity contribution in [3.8, 4) is 0 Å². The van der Waals surface area contributed by atoms with E-state index >= 15 is 0 Å². The van der Waals surface area contributed by atoms with E-state index in [1.54, 1.807) is 7.05 Å². The number of halogens is 2. The fraction of sp³-hybridized carbons (Fsp3) is 0.750. The van der Waals surface area contributed by atoms with Gasteiger partial charge in [-0.2, -0.15) is 9.97 Å². The summed E-state index contributed by atoms with van der Waals surface area (Å²) in [7, 11) is 1.77. The van der Waals surface area contributed by atoms with Crippen LogP contribution in [0.2, 0.25) is 10.2 Å². The van der Waals surface area contributed by atoms with Gasteiger partial charge in [0, 0.05) is 45.8 Å². The van der Waals surface area contributed by atoms with E-state index in [4.69, 9.17) is 23.2 Å². The zero-order valence-corrected chi connectivity index (χ0v) is 19.4. The lowest BCUT2D eigenvalue weighted by Crippen LogP contribution is -2.47. The van der Waals surface area contributed by atoms with Crippen molar-refractivity contribution in [3.05, 3.63) is 10.2 Å². The molecule has 2 amide bonds. The molecule has 3 rings (SSSR count). The Labute approximate surface area is 189 Å². The monoisotopic (exact) mass is 457 g/mol. The van der Waals surface area contributed by atoms with Crippen LogP contribution in [-0.4, -0.2) is 73.3 Å². The molecular weight excluding hydrogens is 425 g/mol. The minimum atomic E-state index is -0.0364. The van der Waals surface area contributed by atoms with Crippen molar-refractivity contribution in [2.75, 3.05) is 56.5 Å². The topological polar surface area (TPSA) is 85.4 Å². The second-order valence-electron chi connectivity index (χ2n) is 8.06. The summed E-state index contributed by atoms with van der Waals surface area (Å²) in [4.78, 5) is 25.0. The van der Waals surface area contributed by atoms with Crippen LogP contribution in [0.1, 0.15) is 39.0 Å². The Balaban J connectivity index is 1.39. The first-order chi connectivity index (χ1) is 14.5. The van der Waals surface area contributed by atoms with Gasteiger partial charge in [-0.15, -0.1) is 0 Å². The molecule has 0 aromatic carbocycles. The molecule has 3 N–H and O–H groups in total. The zero-order chi connectivity index (χ0) is 21.5. The number of hydrogen-bond donors (Lipinski definition) is 3. The number of urea groups is 1. The number of anilines is 2. The van der Waals surface area contributed by atoms with Crippen molar-refractivity contribution < 1.29 is 4.79 Å². The maximum Gasteiger partial charge on any atom is 0.314 e. The molecule has 2 fully saturated rings. The van der Waals surface area contributed by atoms with Gasteiger partial charge < -0.3 is 20.9 Å². The highest BCUT2D eigenvalue weighted by Crippen LogP contribution is 2.32. The summed E-state index contributed by atoms with van der Waals surface area (Å²) >= 11 is 12.5. The number of nitrogens with one attached hydrogen (secondary N) is 3. The molecule has 1 aliphatic heterocycles. The first kappa shape index (κ1) is 23.2. The van der Waals surface area contributed by atoms with Crippen molar-refractivity contribution in [2.45, 2.75) is 45.1 Å². The molecule has 1 saturated carbocycles. The highest BCUT2D eigenvalue weighted by molar-refractivity contribution is 6.42. The number of piperazine rings is 1. The summed E-state index contributed by atoms with van der Waals surface area (Å²) in [5.74, 6) is 1.95. The lowest BCUT2D eigenvalue weighted by molar-refractivity contribution is 0.205. The molecule has 168 valence electrons. The Morgan fingerprint density at radius 3 is 2.43 bits per heavy atom. The van der Waals surface area contributed by atoms with Gasteiger partial charge in [-0.1, -0.05) is 23.2 Å². The van der Waals surface area contributed by atoms with E-state index in [0.29, 0.717) is 29.4 Å². The minimum Gasteiger partial charge on any atom is -0.357 e. The smallest absolute Gasteiger partial charge is 0.314 e. The van der Waals surface area contributed by atoms with Crippen molar-refractivity contribution in [3.63, 3.8) is 0 Å². The third kappa shape index (κ3) is 6.25. The van der Waals surface area contributed by atoms with Crippen LogP contribution in [0.15, 0.2) is 0 Å². The van der Waals surface area contributed by atoms with Crippen LogP contribution in [0.25, 0.3) is 0 Å². The van der Waals surface area contributed by atoms with Crippen LogP contribution in [0.3, 0.4) is 0 Å². The molecule has 8 nitrogen and oxygen atoms in total. The molecule has 1 aromatic rings. The summed E-state index contributed by atoms with van der Waals surface area (Å²) in [5, 5.41) is 9.53. The van der Waals surface area contributed by atoms with E-state index in [0.717, 1.165) is 51.5 Å². The third-order valence-electron chi connectivity index (χ3n) is 6.06. The fourth-order valence-corrected chi connectivity index (χ4v) is 4.64. The molecule has 0 atom stereocenters. The second-order valence-corrected chi connectivity index (χ2v) is 8.80. The normalized spacial score (nSPS) is 22.6. The van der Waals surface area contributed by atoms with Gasteiger partial charge in [0.05, 0.1) is 0 Å². The van der Waals surface area contributed by atoms with Crippen molar-refractivity contribution in [1.29, 1.82) is 0 Å². The Morgan fingerprint density at radius 2 is 1.80 bits per heavy atom. The van der Waals surface area contributed by atoms with Gasteiger partial charge in [-0.3, -0.25) is 4.90 Å². The molecule has 2 aliphatic rings. The Hall–Kier alpha value is -1.51. The number of nitrogens with zero attached hydrogens (tertiary/aromatic N) is 4. The molecular formula is C20H33Cl2N7O. The summed E-state index contributed by atoms with van der Waals surface area (Å²) in [6, 6.07) is 0.286. The first-order valence-electron chi connectivity index (χ1n) is 10.9. The first-order valence-corrected chi connectivity index (χ1v) is 11.7. The molecule has 0 unspecified atom stereocenters. The van der Waals surface area contributed by atoms with Crippen LogP contribution < -0.4 is 20.9 Å². The second kappa shape index (κ2) is 11.2. The molecule has 1 aromatic heterocycles. The number of carbonyl (C=O) groups is 1. The molecule has 0 radical (unpaired) electrons. The maximum absolute atomic E-state index is 11.7. The van der Waals surface area contributed by atoms with Gasteiger partial charge in [0.1, 0.15) is 5.02 Å². The minimum absolute atomic E-state index is 0.0364. The predicted molar refractivity (Wildman–Crippen MR) is 123 cm³/mol. The standard InChI is InChI=1S/C20H33Cl2N7O/c1-3-24-20(30)25-15-6-4-14(5-7-15)8-9-28-10-12-29(13-11-28)18-16(21)17(22)26-19(23-2)27-18/h14-15H,3-13H2,1-2H3,(H,23,26,27)(H2,24,25,30)/t14-,15-. The largest absolute Gasteiger partial charge is 0.357 e. The number of aromatic nitrogens is 2. The zero-order valence-electron chi connectivity index (χ0n) is 17.9. The number of hydrogen-bond acceptors (Lipinski definition) is 6. The van der Waals surface area contributed by atoms with Gasteiger partial charge in [0.25, 0.3) is 0 Å². The van der Waals surface area contributed by atoms with Crippen LogP contribution in [0.4, 0.5) is 16.6 Å². The highest BCUT2D eigenvalue weighted by Gasteiger charge is 2.25. The molecule has 0 spiro atoms. The van der Waals surface area contributed by atoms with E-state index < -0.39 is 0 Å². The highest BCUT2D eigenvalue weighted by atomic mass is 35.5. The Morgan fingerprint density at radius 1 is 1.10 bits per heavy atom. The maximum atomic E-state index is 11.7. The van der Waals surface area contributed by atoms with E-state index in [1.165, 1.54) is 19.3 Å². The Kier molecular flexibility index (Phi) is 8.65. The van der Waals surface area contributed by atoms with E-state index in [-0.39, 0.29) is 11.2 Å². The molecule has 2 heterocycles. The Bertz CT molecular complexity index is 705. The summed E-state index contributed by atoms with van der Waals surface area (Å²) in [6.45, 7) is 7.45. The fourth-order valence-electron chi connectivity index (χ4n) is 4.27. The average Bonchev–Trinajstić information content (AvgIpc) is 2.75. The lowest BCUT2D eigenvalue weighted by atomic mass is 9.84. The van der Waals surface area contributed by atoms with Crippen LogP contribution in [-0.2, 0) is 0 Å². The van der Waals surface area contributed by atoms with E-state index in [2.05, 4.69) is 35.7 Å². The van der Waals surface area contributed by atoms with Crippen molar-refractivity contribution in [2.24, 2.45) is 5.92 Å². The van der Waals surface area contributed by atoms with Gasteiger partial charge in [-0.05, 0) is 51.5 Å². The SMILES string of the molecule is CCNC(=O)N[C@H]1CC[C@H](CCN2CCN(c3nc(NC)nc(Cl)c3Cl)CC2)CC1. The predicted octanol–water partition coefficient (Wildman–Crippen LogP) is 3.22. The molecule has 1 saturated heterocycles. The third-order valence-corrected chi connectivity index (χ3v) is 6.78. The van der Waals surface area contributed by atoms with Gasteiger partial charge >= 0.3 is 6.03 Å². The average molecular weight is 458 g/mol. The van der Waals surface area contributed by atoms with Crippen LogP contribution >= 0.6 is 23.2 Å². The molecule has 30 heavy (non-hydrogen) atoms. The van der Waals surface area contributed by atoms with E-state index in [1.807, 2.05) is 6.92 Å². The number of amides is 2. The van der Waals surface area contributed by atoms with Gasteiger partial charge in [-0.25, -0.2) is 4.79 Å². The van der Waals surface area contributed by atoms with E-state index in [9.17, 15) is 4.79 Å².